The zero-order chi connectivity index (χ0) is 14.5. The molecule has 0 spiro atoms. The molecule has 0 saturated heterocycles. The average molecular weight is 294 g/mol. The number of alkyl halides is 3. The molecule has 0 saturated carbocycles. The first-order chi connectivity index (χ1) is 8.80. The Labute approximate surface area is 116 Å². The Bertz CT molecular complexity index is 374. The fourth-order valence-corrected chi connectivity index (χ4v) is 2.67. The number of rotatable bonds is 7. The first-order valence-electron chi connectivity index (χ1n) is 6.40. The molecule has 1 heterocycles. The summed E-state index contributed by atoms with van der Waals surface area (Å²) >= 11 is 1.57. The fraction of sp³-hybridized carbons (Fsp3) is 0.692. The van der Waals surface area contributed by atoms with Crippen LogP contribution in [0.3, 0.4) is 0 Å². The van der Waals surface area contributed by atoms with Crippen molar-refractivity contribution in [2.75, 3.05) is 13.1 Å². The molecule has 0 aliphatic heterocycles. The maximum Gasteiger partial charge on any atom is 0.401 e. The third kappa shape index (κ3) is 6.94. The Hall–Kier alpha value is -0.590. The van der Waals surface area contributed by atoms with Crippen LogP contribution in [0.2, 0.25) is 0 Å². The van der Waals surface area contributed by atoms with E-state index in [1.807, 2.05) is 12.1 Å². The van der Waals surface area contributed by atoms with Gasteiger partial charge in [-0.2, -0.15) is 13.2 Å². The second-order valence-corrected chi connectivity index (χ2v) is 6.07. The molecule has 0 radical (unpaired) electrons. The van der Waals surface area contributed by atoms with E-state index in [0.29, 0.717) is 19.1 Å². The Morgan fingerprint density at radius 2 is 1.89 bits per heavy atom. The smallest absolute Gasteiger partial charge is 0.310 e. The van der Waals surface area contributed by atoms with Gasteiger partial charge in [-0.1, -0.05) is 20.8 Å². The number of halogens is 3. The first kappa shape index (κ1) is 16.5. The highest BCUT2D eigenvalue weighted by Gasteiger charge is 2.30. The van der Waals surface area contributed by atoms with Crippen LogP contribution in [0, 0.1) is 0 Å². The highest BCUT2D eigenvalue weighted by molar-refractivity contribution is 7.11. The van der Waals surface area contributed by atoms with Crippen molar-refractivity contribution < 1.29 is 13.2 Å². The Kier molecular flexibility index (Phi) is 6.29. The van der Waals surface area contributed by atoms with Crippen molar-refractivity contribution in [3.8, 4) is 0 Å². The molecule has 1 rings (SSSR count). The number of hydrogen-bond acceptors (Lipinski definition) is 3. The van der Waals surface area contributed by atoms with Gasteiger partial charge in [0.2, 0.25) is 0 Å². The Morgan fingerprint density at radius 1 is 1.26 bits per heavy atom. The van der Waals surface area contributed by atoms with Gasteiger partial charge in [0, 0.05) is 28.9 Å². The summed E-state index contributed by atoms with van der Waals surface area (Å²) in [5.74, 6) is 0. The standard InChI is InChI=1S/C13H21F3N2S/c1-4-18(9-13(14,15)16)8-12-6-5-11(19-12)7-17-10(2)3/h5-6,10,17H,4,7-9H2,1-3H3. The van der Waals surface area contributed by atoms with Gasteiger partial charge in [0.1, 0.15) is 0 Å². The topological polar surface area (TPSA) is 15.3 Å². The van der Waals surface area contributed by atoms with Crippen molar-refractivity contribution in [3.63, 3.8) is 0 Å². The van der Waals surface area contributed by atoms with Crippen LogP contribution in [-0.4, -0.2) is 30.2 Å². The number of hydrogen-bond donors (Lipinski definition) is 1. The van der Waals surface area contributed by atoms with E-state index in [9.17, 15) is 13.2 Å². The van der Waals surface area contributed by atoms with Gasteiger partial charge in [0.15, 0.2) is 0 Å². The molecule has 0 bridgehead atoms. The molecule has 0 aliphatic rings. The molecular weight excluding hydrogens is 273 g/mol. The molecule has 2 nitrogen and oxygen atoms in total. The summed E-state index contributed by atoms with van der Waals surface area (Å²) in [7, 11) is 0. The second kappa shape index (κ2) is 7.26. The molecule has 0 unspecified atom stereocenters. The van der Waals surface area contributed by atoms with Crippen molar-refractivity contribution in [2.24, 2.45) is 0 Å². The number of nitrogens with zero attached hydrogens (tertiary/aromatic N) is 1. The van der Waals surface area contributed by atoms with E-state index in [2.05, 4.69) is 19.2 Å². The van der Waals surface area contributed by atoms with E-state index in [1.54, 1.807) is 18.3 Å². The van der Waals surface area contributed by atoms with Crippen LogP contribution >= 0.6 is 11.3 Å². The summed E-state index contributed by atoms with van der Waals surface area (Å²) in [5, 5.41) is 3.30. The Morgan fingerprint density at radius 3 is 2.42 bits per heavy atom. The van der Waals surface area contributed by atoms with Crippen LogP contribution in [0.5, 0.6) is 0 Å². The predicted molar refractivity (Wildman–Crippen MR) is 73.3 cm³/mol. The first-order valence-corrected chi connectivity index (χ1v) is 7.22. The lowest BCUT2D eigenvalue weighted by molar-refractivity contribution is -0.146. The molecule has 0 aromatic carbocycles. The molecule has 1 aromatic rings. The van der Waals surface area contributed by atoms with Gasteiger partial charge in [-0.3, -0.25) is 4.90 Å². The third-order valence-corrected chi connectivity index (χ3v) is 3.70. The van der Waals surface area contributed by atoms with E-state index < -0.39 is 12.7 Å². The minimum Gasteiger partial charge on any atom is -0.310 e. The minimum absolute atomic E-state index is 0.363. The molecule has 0 fully saturated rings. The molecule has 1 aromatic heterocycles. The van der Waals surface area contributed by atoms with Crippen LogP contribution in [0.1, 0.15) is 30.5 Å². The summed E-state index contributed by atoms with van der Waals surface area (Å²) in [6.07, 6.45) is -4.13. The van der Waals surface area contributed by atoms with E-state index in [4.69, 9.17) is 0 Å². The normalized spacial score (nSPS) is 12.6. The van der Waals surface area contributed by atoms with Crippen LogP contribution in [0.25, 0.3) is 0 Å². The minimum atomic E-state index is -4.13. The second-order valence-electron chi connectivity index (χ2n) is 4.82. The lowest BCUT2D eigenvalue weighted by atomic mass is 10.3. The molecule has 19 heavy (non-hydrogen) atoms. The third-order valence-electron chi connectivity index (χ3n) is 2.63. The molecular formula is C13H21F3N2S. The Balaban J connectivity index is 2.51. The zero-order valence-electron chi connectivity index (χ0n) is 11.5. The SMILES string of the molecule is CCN(Cc1ccc(CNC(C)C)s1)CC(F)(F)F. The maximum absolute atomic E-state index is 12.4. The predicted octanol–water partition coefficient (Wildman–Crippen LogP) is 3.63. The molecule has 110 valence electrons. The van der Waals surface area contributed by atoms with Crippen LogP contribution < -0.4 is 5.32 Å². The van der Waals surface area contributed by atoms with Crippen molar-refractivity contribution in [2.45, 2.75) is 46.1 Å². The zero-order valence-corrected chi connectivity index (χ0v) is 12.4. The van der Waals surface area contributed by atoms with Crippen molar-refractivity contribution in [3.05, 3.63) is 21.9 Å². The van der Waals surface area contributed by atoms with Gasteiger partial charge in [-0.15, -0.1) is 11.3 Å². The number of nitrogens with one attached hydrogen (secondary N) is 1. The fourth-order valence-electron chi connectivity index (χ4n) is 1.66. The molecule has 6 heteroatoms. The quantitative estimate of drug-likeness (QED) is 0.826. The van der Waals surface area contributed by atoms with Crippen LogP contribution in [-0.2, 0) is 13.1 Å². The summed E-state index contributed by atoms with van der Waals surface area (Å²) in [6.45, 7) is 6.57. The average Bonchev–Trinajstić information content (AvgIpc) is 2.71. The van der Waals surface area contributed by atoms with E-state index in [0.717, 1.165) is 16.3 Å². The highest BCUT2D eigenvalue weighted by Crippen LogP contribution is 2.21. The van der Waals surface area contributed by atoms with Gasteiger partial charge in [0.05, 0.1) is 6.54 Å². The lowest BCUT2D eigenvalue weighted by Crippen LogP contribution is -2.33. The number of thiophene rings is 1. The van der Waals surface area contributed by atoms with E-state index in [1.165, 1.54) is 4.90 Å². The van der Waals surface area contributed by atoms with Crippen LogP contribution in [0.4, 0.5) is 13.2 Å². The largest absolute Gasteiger partial charge is 0.401 e. The van der Waals surface area contributed by atoms with Gasteiger partial charge >= 0.3 is 6.18 Å². The van der Waals surface area contributed by atoms with Crippen molar-refractivity contribution in [1.29, 1.82) is 0 Å². The summed E-state index contributed by atoms with van der Waals surface area (Å²) < 4.78 is 37.1. The van der Waals surface area contributed by atoms with Gasteiger partial charge in [-0.25, -0.2) is 0 Å². The molecule has 0 atom stereocenters. The van der Waals surface area contributed by atoms with Crippen molar-refractivity contribution in [1.82, 2.24) is 10.2 Å². The van der Waals surface area contributed by atoms with Gasteiger partial charge < -0.3 is 5.32 Å². The molecule has 0 amide bonds. The van der Waals surface area contributed by atoms with Gasteiger partial charge in [-0.05, 0) is 18.7 Å². The van der Waals surface area contributed by atoms with E-state index in [-0.39, 0.29) is 0 Å². The summed E-state index contributed by atoms with van der Waals surface area (Å²) in [5.41, 5.74) is 0. The van der Waals surface area contributed by atoms with Crippen LogP contribution in [0.15, 0.2) is 12.1 Å². The maximum atomic E-state index is 12.4. The lowest BCUT2D eigenvalue weighted by Gasteiger charge is -2.20. The monoisotopic (exact) mass is 294 g/mol. The van der Waals surface area contributed by atoms with Gasteiger partial charge in [0.25, 0.3) is 0 Å². The van der Waals surface area contributed by atoms with Crippen molar-refractivity contribution >= 4 is 11.3 Å². The molecule has 1 N–H and O–H groups in total. The summed E-state index contributed by atoms with van der Waals surface area (Å²) in [6, 6.07) is 4.31. The van der Waals surface area contributed by atoms with E-state index >= 15 is 0 Å². The molecule has 0 aliphatic carbocycles. The summed E-state index contributed by atoms with van der Waals surface area (Å²) in [4.78, 5) is 3.55. The highest BCUT2D eigenvalue weighted by atomic mass is 32.1.